The number of likely N-dealkylation sites (tertiary alicyclic amines) is 1. The molecule has 110 valence electrons. The van der Waals surface area contributed by atoms with Crippen LogP contribution in [0.2, 0.25) is 0 Å². The van der Waals surface area contributed by atoms with Crippen LogP contribution in [0.4, 0.5) is 0 Å². The van der Waals surface area contributed by atoms with E-state index >= 15 is 0 Å². The number of aromatic nitrogens is 1. The molecule has 3 nitrogen and oxygen atoms in total. The van der Waals surface area contributed by atoms with Gasteiger partial charge in [0.1, 0.15) is 0 Å². The van der Waals surface area contributed by atoms with E-state index in [-0.39, 0.29) is 11.3 Å². The summed E-state index contributed by atoms with van der Waals surface area (Å²) in [5.41, 5.74) is 2.72. The number of carbonyl (C=O) groups excluding carboxylic acids is 1. The highest BCUT2D eigenvalue weighted by atomic mass is 16.2. The van der Waals surface area contributed by atoms with Crippen LogP contribution in [0.1, 0.15) is 51.8 Å². The third-order valence-electron chi connectivity index (χ3n) is 4.24. The zero-order valence-electron chi connectivity index (χ0n) is 13.1. The molecule has 0 saturated carbocycles. The van der Waals surface area contributed by atoms with Gasteiger partial charge in [-0.25, -0.2) is 0 Å². The average Bonchev–Trinajstić information content (AvgIpc) is 2.38. The summed E-state index contributed by atoms with van der Waals surface area (Å²) in [4.78, 5) is 17.8. The van der Waals surface area contributed by atoms with Crippen molar-refractivity contribution in [2.45, 2.75) is 52.4 Å². The maximum atomic E-state index is 11.3. The highest BCUT2D eigenvalue weighted by molar-refractivity contribution is 5.73. The molecule has 2 heterocycles. The zero-order chi connectivity index (χ0) is 14.8. The maximum Gasteiger partial charge on any atom is 0.219 e. The molecule has 1 amide bonds. The summed E-state index contributed by atoms with van der Waals surface area (Å²) in [6, 6.07) is 4.36. The first-order valence-corrected chi connectivity index (χ1v) is 7.57. The molecule has 1 aromatic heterocycles. The summed E-state index contributed by atoms with van der Waals surface area (Å²) in [7, 11) is 0. The first kappa shape index (κ1) is 15.0. The Hall–Kier alpha value is -1.38. The molecule has 1 aliphatic heterocycles. The molecule has 0 aliphatic carbocycles. The van der Waals surface area contributed by atoms with E-state index in [0.29, 0.717) is 5.92 Å². The topological polar surface area (TPSA) is 33.2 Å². The Morgan fingerprint density at radius 3 is 2.55 bits per heavy atom. The molecule has 0 aromatic carbocycles. The molecular formula is C17H26N2O. The molecule has 0 spiro atoms. The van der Waals surface area contributed by atoms with Gasteiger partial charge in [-0.05, 0) is 48.3 Å². The van der Waals surface area contributed by atoms with Crippen LogP contribution in [0.3, 0.4) is 0 Å². The lowest BCUT2D eigenvalue weighted by Crippen LogP contribution is -2.37. The Balaban J connectivity index is 1.96. The molecule has 20 heavy (non-hydrogen) atoms. The highest BCUT2D eigenvalue weighted by Crippen LogP contribution is 2.25. The Labute approximate surface area is 122 Å². The number of amides is 1. The molecule has 1 aromatic rings. The lowest BCUT2D eigenvalue weighted by Gasteiger charge is -2.31. The fourth-order valence-electron chi connectivity index (χ4n) is 2.80. The number of rotatable bonds is 2. The summed E-state index contributed by atoms with van der Waals surface area (Å²) in [5.74, 6) is 0.865. The van der Waals surface area contributed by atoms with Gasteiger partial charge in [-0.15, -0.1) is 0 Å². The van der Waals surface area contributed by atoms with Crippen molar-refractivity contribution in [3.8, 4) is 0 Å². The average molecular weight is 274 g/mol. The van der Waals surface area contributed by atoms with Crippen LogP contribution in [0.25, 0.3) is 0 Å². The Kier molecular flexibility index (Phi) is 4.46. The molecule has 1 aliphatic rings. The van der Waals surface area contributed by atoms with E-state index < -0.39 is 0 Å². The summed E-state index contributed by atoms with van der Waals surface area (Å²) < 4.78 is 0. The number of pyridine rings is 1. The second kappa shape index (κ2) is 5.94. The largest absolute Gasteiger partial charge is 0.343 e. The maximum absolute atomic E-state index is 11.3. The van der Waals surface area contributed by atoms with Crippen molar-refractivity contribution >= 4 is 5.91 Å². The molecule has 3 heteroatoms. The van der Waals surface area contributed by atoms with Gasteiger partial charge < -0.3 is 4.90 Å². The van der Waals surface area contributed by atoms with Gasteiger partial charge in [-0.2, -0.15) is 0 Å². The van der Waals surface area contributed by atoms with Crippen molar-refractivity contribution in [3.63, 3.8) is 0 Å². The van der Waals surface area contributed by atoms with Crippen LogP contribution in [0.5, 0.6) is 0 Å². The molecule has 0 atom stereocenters. The van der Waals surface area contributed by atoms with Gasteiger partial charge in [-0.1, -0.05) is 20.8 Å². The van der Waals surface area contributed by atoms with Gasteiger partial charge in [0.05, 0.1) is 0 Å². The number of hydrogen-bond acceptors (Lipinski definition) is 2. The second-order valence-electron chi connectivity index (χ2n) is 6.94. The fraction of sp³-hybridized carbons (Fsp3) is 0.647. The van der Waals surface area contributed by atoms with Crippen LogP contribution >= 0.6 is 0 Å². The van der Waals surface area contributed by atoms with Crippen molar-refractivity contribution in [2.75, 3.05) is 13.1 Å². The predicted molar refractivity (Wildman–Crippen MR) is 81.6 cm³/mol. The second-order valence-corrected chi connectivity index (χ2v) is 6.94. The van der Waals surface area contributed by atoms with E-state index in [1.54, 1.807) is 6.92 Å². The first-order chi connectivity index (χ1) is 9.36. The molecule has 0 bridgehead atoms. The number of piperidine rings is 1. The molecule has 0 N–H and O–H groups in total. The Morgan fingerprint density at radius 2 is 2.00 bits per heavy atom. The van der Waals surface area contributed by atoms with Gasteiger partial charge in [-0.3, -0.25) is 9.78 Å². The summed E-state index contributed by atoms with van der Waals surface area (Å²) >= 11 is 0. The normalized spacial score (nSPS) is 17.3. The van der Waals surface area contributed by atoms with Crippen LogP contribution in [-0.2, 0) is 16.6 Å². The Morgan fingerprint density at radius 1 is 1.35 bits per heavy atom. The van der Waals surface area contributed by atoms with Crippen LogP contribution < -0.4 is 0 Å². The lowest BCUT2D eigenvalue weighted by molar-refractivity contribution is -0.130. The zero-order valence-corrected chi connectivity index (χ0v) is 13.1. The highest BCUT2D eigenvalue weighted by Gasteiger charge is 2.22. The van der Waals surface area contributed by atoms with Gasteiger partial charge >= 0.3 is 0 Å². The molecule has 0 radical (unpaired) electrons. The molecular weight excluding hydrogens is 248 g/mol. The molecule has 1 fully saturated rings. The minimum Gasteiger partial charge on any atom is -0.343 e. The molecule has 2 rings (SSSR count). The van der Waals surface area contributed by atoms with Crippen molar-refractivity contribution < 1.29 is 4.79 Å². The van der Waals surface area contributed by atoms with Gasteiger partial charge in [0.25, 0.3) is 0 Å². The minimum atomic E-state index is 0.176. The van der Waals surface area contributed by atoms with E-state index in [0.717, 1.165) is 32.4 Å². The third kappa shape index (κ3) is 3.81. The lowest BCUT2D eigenvalue weighted by atomic mass is 9.86. The van der Waals surface area contributed by atoms with Crippen LogP contribution in [0, 0.1) is 5.92 Å². The first-order valence-electron chi connectivity index (χ1n) is 7.57. The SMILES string of the molecule is CC(=O)N1CCC(Cc2cc(C(C)(C)C)ccn2)CC1. The summed E-state index contributed by atoms with van der Waals surface area (Å²) in [6.07, 6.45) is 5.16. The van der Waals surface area contributed by atoms with Crippen molar-refractivity contribution in [2.24, 2.45) is 5.92 Å². The van der Waals surface area contributed by atoms with E-state index in [1.165, 1.54) is 11.3 Å². The Bertz CT molecular complexity index is 468. The quantitative estimate of drug-likeness (QED) is 0.830. The minimum absolute atomic E-state index is 0.176. The van der Waals surface area contributed by atoms with Crippen LogP contribution in [-0.4, -0.2) is 28.9 Å². The van der Waals surface area contributed by atoms with E-state index in [9.17, 15) is 4.79 Å². The third-order valence-corrected chi connectivity index (χ3v) is 4.24. The summed E-state index contributed by atoms with van der Waals surface area (Å²) in [6.45, 7) is 10.2. The fourth-order valence-corrected chi connectivity index (χ4v) is 2.80. The van der Waals surface area contributed by atoms with Gasteiger partial charge in [0.15, 0.2) is 0 Å². The number of nitrogens with zero attached hydrogens (tertiary/aromatic N) is 2. The van der Waals surface area contributed by atoms with Crippen molar-refractivity contribution in [1.29, 1.82) is 0 Å². The van der Waals surface area contributed by atoms with Gasteiger partial charge in [0.2, 0.25) is 5.91 Å². The standard InChI is InChI=1S/C17H26N2O/c1-13(20)19-9-6-14(7-10-19)11-16-12-15(5-8-18-16)17(2,3)4/h5,8,12,14H,6-7,9-11H2,1-4H3. The molecule has 1 saturated heterocycles. The van der Waals surface area contributed by atoms with Crippen LogP contribution in [0.15, 0.2) is 18.3 Å². The van der Waals surface area contributed by atoms with Gasteiger partial charge in [0, 0.05) is 31.9 Å². The molecule has 0 unspecified atom stereocenters. The number of hydrogen-bond donors (Lipinski definition) is 0. The predicted octanol–water partition coefficient (Wildman–Crippen LogP) is 3.18. The smallest absolute Gasteiger partial charge is 0.219 e. The van der Waals surface area contributed by atoms with Crippen molar-refractivity contribution in [1.82, 2.24) is 9.88 Å². The van der Waals surface area contributed by atoms with Crippen molar-refractivity contribution in [3.05, 3.63) is 29.6 Å². The van der Waals surface area contributed by atoms with E-state index in [1.807, 2.05) is 11.1 Å². The number of carbonyl (C=O) groups is 1. The van der Waals surface area contributed by atoms with E-state index in [2.05, 4.69) is 37.9 Å². The monoisotopic (exact) mass is 274 g/mol. The van der Waals surface area contributed by atoms with E-state index in [4.69, 9.17) is 0 Å². The summed E-state index contributed by atoms with van der Waals surface area (Å²) in [5, 5.41) is 0.